The van der Waals surface area contributed by atoms with Crippen LogP contribution in [0.1, 0.15) is 16.9 Å². The summed E-state index contributed by atoms with van der Waals surface area (Å²) in [5, 5.41) is 15.8. The summed E-state index contributed by atoms with van der Waals surface area (Å²) in [7, 11) is 0. The summed E-state index contributed by atoms with van der Waals surface area (Å²) in [6.07, 6.45) is 0.223. The third kappa shape index (κ3) is 5.04. The Labute approximate surface area is 132 Å². The highest BCUT2D eigenvalue weighted by Gasteiger charge is 2.05. The van der Waals surface area contributed by atoms with Gasteiger partial charge in [0.15, 0.2) is 0 Å². The Kier molecular flexibility index (Phi) is 5.69. The molecule has 0 atom stereocenters. The average molecular weight is 313 g/mol. The van der Waals surface area contributed by atoms with Crippen LogP contribution in [0, 0.1) is 11.3 Å². The zero-order valence-corrected chi connectivity index (χ0v) is 12.7. The first-order chi connectivity index (χ1) is 10.7. The number of amides is 2. The molecule has 112 valence electrons. The van der Waals surface area contributed by atoms with Crippen molar-refractivity contribution in [1.29, 1.82) is 5.26 Å². The van der Waals surface area contributed by atoms with Crippen LogP contribution in [0.5, 0.6) is 0 Å². The quantitative estimate of drug-likeness (QED) is 0.859. The van der Waals surface area contributed by atoms with Crippen LogP contribution in [-0.4, -0.2) is 11.8 Å². The van der Waals surface area contributed by atoms with Gasteiger partial charge >= 0.3 is 0 Å². The number of thiophene rings is 1. The first-order valence-electron chi connectivity index (χ1n) is 6.72. The van der Waals surface area contributed by atoms with E-state index in [9.17, 15) is 9.59 Å². The Morgan fingerprint density at radius 2 is 1.91 bits per heavy atom. The van der Waals surface area contributed by atoms with Crippen molar-refractivity contribution < 1.29 is 9.59 Å². The van der Waals surface area contributed by atoms with Gasteiger partial charge < -0.3 is 10.6 Å². The van der Waals surface area contributed by atoms with Crippen molar-refractivity contribution in [2.75, 3.05) is 5.32 Å². The van der Waals surface area contributed by atoms with Gasteiger partial charge in [0.2, 0.25) is 11.8 Å². The molecule has 0 fully saturated rings. The topological polar surface area (TPSA) is 82.0 Å². The van der Waals surface area contributed by atoms with Crippen LogP contribution < -0.4 is 10.6 Å². The number of rotatable bonds is 6. The number of nitrogens with one attached hydrogen (secondary N) is 2. The molecule has 6 heteroatoms. The predicted octanol–water partition coefficient (Wildman–Crippen LogP) is 2.46. The van der Waals surface area contributed by atoms with Crippen LogP contribution >= 0.6 is 11.3 Å². The lowest BCUT2D eigenvalue weighted by Crippen LogP contribution is -2.21. The molecule has 1 aromatic carbocycles. The maximum Gasteiger partial charge on any atom is 0.234 e. The van der Waals surface area contributed by atoms with E-state index in [2.05, 4.69) is 10.6 Å². The van der Waals surface area contributed by atoms with E-state index >= 15 is 0 Å². The molecule has 2 rings (SSSR count). The molecule has 0 bridgehead atoms. The smallest absolute Gasteiger partial charge is 0.234 e. The van der Waals surface area contributed by atoms with Crippen molar-refractivity contribution in [3.05, 3.63) is 52.2 Å². The van der Waals surface area contributed by atoms with Crippen molar-refractivity contribution in [3.8, 4) is 6.07 Å². The number of carbonyl (C=O) groups excluding carboxylic acids is 2. The van der Waals surface area contributed by atoms with E-state index < -0.39 is 0 Å². The third-order valence-electron chi connectivity index (χ3n) is 2.88. The number of hydrogen-bond acceptors (Lipinski definition) is 4. The van der Waals surface area contributed by atoms with Crippen LogP contribution in [0.4, 0.5) is 5.69 Å². The van der Waals surface area contributed by atoms with Crippen LogP contribution in [0.2, 0.25) is 0 Å². The molecule has 5 nitrogen and oxygen atoms in total. The van der Waals surface area contributed by atoms with Crippen molar-refractivity contribution in [2.24, 2.45) is 0 Å². The number of hydrogen-bond donors (Lipinski definition) is 2. The molecule has 0 aliphatic carbocycles. The maximum atomic E-state index is 11.9. The molecule has 2 aromatic rings. The van der Waals surface area contributed by atoms with Gasteiger partial charge in [0.25, 0.3) is 0 Å². The molecule has 0 radical (unpaired) electrons. The van der Waals surface area contributed by atoms with E-state index in [1.807, 2.05) is 29.6 Å². The standard InChI is InChI=1S/C16H15N3O2S/c17-8-7-15(20)18-11-12-3-5-13(6-4-12)19-16(21)10-14-2-1-9-22-14/h1-6,9H,7,10-11H2,(H,18,20)(H,19,21). The minimum atomic E-state index is -0.296. The number of nitrogens with zero attached hydrogens (tertiary/aromatic N) is 1. The minimum Gasteiger partial charge on any atom is -0.351 e. The SMILES string of the molecule is N#CCC(=O)NCc1ccc(NC(=O)Cc2cccs2)cc1. The van der Waals surface area contributed by atoms with Gasteiger partial charge in [-0.25, -0.2) is 0 Å². The lowest BCUT2D eigenvalue weighted by Gasteiger charge is -2.07. The van der Waals surface area contributed by atoms with Gasteiger partial charge in [-0.2, -0.15) is 5.26 Å². The first-order valence-corrected chi connectivity index (χ1v) is 7.60. The zero-order valence-electron chi connectivity index (χ0n) is 11.8. The zero-order chi connectivity index (χ0) is 15.8. The molecule has 0 saturated heterocycles. The van der Waals surface area contributed by atoms with E-state index in [1.54, 1.807) is 29.5 Å². The Balaban J connectivity index is 1.82. The van der Waals surface area contributed by atoms with E-state index in [-0.39, 0.29) is 18.2 Å². The van der Waals surface area contributed by atoms with Gasteiger partial charge in [-0.3, -0.25) is 9.59 Å². The lowest BCUT2D eigenvalue weighted by atomic mass is 10.2. The molecule has 1 aromatic heterocycles. The highest BCUT2D eigenvalue weighted by atomic mass is 32.1. The predicted molar refractivity (Wildman–Crippen MR) is 85.2 cm³/mol. The van der Waals surface area contributed by atoms with Crippen LogP contribution in [0.15, 0.2) is 41.8 Å². The molecule has 0 saturated carbocycles. The normalized spacial score (nSPS) is 9.77. The van der Waals surface area contributed by atoms with Crippen molar-refractivity contribution >= 4 is 28.8 Å². The summed E-state index contributed by atoms with van der Waals surface area (Å²) in [4.78, 5) is 24.1. The molecule has 0 spiro atoms. The second-order valence-electron chi connectivity index (χ2n) is 4.61. The third-order valence-corrected chi connectivity index (χ3v) is 3.76. The van der Waals surface area contributed by atoms with Crippen molar-refractivity contribution in [2.45, 2.75) is 19.4 Å². The van der Waals surface area contributed by atoms with Gasteiger partial charge in [0, 0.05) is 17.1 Å². The second kappa shape index (κ2) is 7.96. The minimum absolute atomic E-state index is 0.0578. The first kappa shape index (κ1) is 15.7. The Morgan fingerprint density at radius 3 is 2.55 bits per heavy atom. The summed E-state index contributed by atoms with van der Waals surface area (Å²) in [5.74, 6) is -0.353. The van der Waals surface area contributed by atoms with Gasteiger partial charge in [0.1, 0.15) is 6.42 Å². The summed E-state index contributed by atoms with van der Waals surface area (Å²) >= 11 is 1.55. The average Bonchev–Trinajstić information content (AvgIpc) is 2.99. The Bertz CT molecular complexity index is 672. The molecular weight excluding hydrogens is 298 g/mol. The number of anilines is 1. The van der Waals surface area contributed by atoms with Gasteiger partial charge in [-0.15, -0.1) is 11.3 Å². The fourth-order valence-electron chi connectivity index (χ4n) is 1.82. The molecule has 2 N–H and O–H groups in total. The highest BCUT2D eigenvalue weighted by molar-refractivity contribution is 7.10. The fourth-order valence-corrected chi connectivity index (χ4v) is 2.52. The van der Waals surface area contributed by atoms with E-state index in [0.29, 0.717) is 18.7 Å². The number of carbonyl (C=O) groups is 2. The molecule has 2 amide bonds. The maximum absolute atomic E-state index is 11.9. The second-order valence-corrected chi connectivity index (χ2v) is 5.65. The Hall–Kier alpha value is -2.65. The van der Waals surface area contributed by atoms with Crippen LogP contribution in [0.3, 0.4) is 0 Å². The van der Waals surface area contributed by atoms with Crippen molar-refractivity contribution in [1.82, 2.24) is 5.32 Å². The van der Waals surface area contributed by atoms with Gasteiger partial charge in [-0.1, -0.05) is 18.2 Å². The van der Waals surface area contributed by atoms with E-state index in [4.69, 9.17) is 5.26 Å². The molecule has 22 heavy (non-hydrogen) atoms. The molecule has 0 aliphatic rings. The monoisotopic (exact) mass is 313 g/mol. The van der Waals surface area contributed by atoms with E-state index in [1.165, 1.54) is 0 Å². The number of nitriles is 1. The van der Waals surface area contributed by atoms with Crippen LogP contribution in [-0.2, 0) is 22.6 Å². The van der Waals surface area contributed by atoms with Gasteiger partial charge in [0.05, 0.1) is 12.5 Å². The lowest BCUT2D eigenvalue weighted by molar-refractivity contribution is -0.120. The highest BCUT2D eigenvalue weighted by Crippen LogP contribution is 2.13. The molecular formula is C16H15N3O2S. The van der Waals surface area contributed by atoms with Crippen LogP contribution in [0.25, 0.3) is 0 Å². The summed E-state index contributed by atoms with van der Waals surface area (Å²) < 4.78 is 0. The summed E-state index contributed by atoms with van der Waals surface area (Å²) in [6, 6.07) is 12.9. The Morgan fingerprint density at radius 1 is 1.14 bits per heavy atom. The fraction of sp³-hybridized carbons (Fsp3) is 0.188. The summed E-state index contributed by atoms with van der Waals surface area (Å²) in [5.41, 5.74) is 1.62. The van der Waals surface area contributed by atoms with Gasteiger partial charge in [-0.05, 0) is 29.1 Å². The van der Waals surface area contributed by atoms with Crippen molar-refractivity contribution in [3.63, 3.8) is 0 Å². The van der Waals surface area contributed by atoms with E-state index in [0.717, 1.165) is 10.4 Å². The molecule has 1 heterocycles. The summed E-state index contributed by atoms with van der Waals surface area (Å²) in [6.45, 7) is 0.365. The molecule has 0 aliphatic heterocycles. The molecule has 0 unspecified atom stereocenters. The number of benzene rings is 1. The largest absolute Gasteiger partial charge is 0.351 e.